The van der Waals surface area contributed by atoms with Gasteiger partial charge in [0.05, 0.1) is 12.8 Å². The number of hydrogen-bond acceptors (Lipinski definition) is 2. The molecule has 0 saturated carbocycles. The summed E-state index contributed by atoms with van der Waals surface area (Å²) in [5.41, 5.74) is 4.12. The second-order valence-corrected chi connectivity index (χ2v) is 5.30. The zero-order chi connectivity index (χ0) is 15.0. The number of halogens is 1. The van der Waals surface area contributed by atoms with Crippen LogP contribution in [0.1, 0.15) is 16.1 Å². The number of aromatic nitrogens is 1. The number of ether oxygens (including phenoxy) is 1. The fourth-order valence-corrected chi connectivity index (χ4v) is 2.95. The molecule has 21 heavy (non-hydrogen) atoms. The highest BCUT2D eigenvalue weighted by Crippen LogP contribution is 2.38. The lowest BCUT2D eigenvalue weighted by Gasteiger charge is -2.12. The summed E-state index contributed by atoms with van der Waals surface area (Å²) in [5, 5.41) is 0.621. The summed E-state index contributed by atoms with van der Waals surface area (Å²) in [6, 6.07) is 11.4. The van der Waals surface area contributed by atoms with Crippen molar-refractivity contribution in [3.63, 3.8) is 0 Å². The maximum absolute atomic E-state index is 11.6. The van der Waals surface area contributed by atoms with E-state index in [2.05, 4.69) is 0 Å². The largest absolute Gasteiger partial charge is 0.496 e. The predicted octanol–water partition coefficient (Wildman–Crippen LogP) is 4.39. The normalized spacial score (nSPS) is 10.8. The highest BCUT2D eigenvalue weighted by Gasteiger charge is 2.17. The zero-order valence-corrected chi connectivity index (χ0v) is 12.5. The van der Waals surface area contributed by atoms with Crippen molar-refractivity contribution in [2.75, 3.05) is 7.11 Å². The van der Waals surface area contributed by atoms with Crippen molar-refractivity contribution in [3.8, 4) is 16.9 Å². The van der Waals surface area contributed by atoms with Crippen LogP contribution in [0.15, 0.2) is 42.6 Å². The number of aldehydes is 1. The third-order valence-electron chi connectivity index (χ3n) is 3.56. The molecule has 3 aromatic rings. The van der Waals surface area contributed by atoms with Gasteiger partial charge in [-0.1, -0.05) is 17.7 Å². The third-order valence-corrected chi connectivity index (χ3v) is 3.78. The molecular formula is C17H14ClNO2. The van der Waals surface area contributed by atoms with Crippen molar-refractivity contribution >= 4 is 23.4 Å². The van der Waals surface area contributed by atoms with Gasteiger partial charge in [-0.2, -0.15) is 0 Å². The van der Waals surface area contributed by atoms with Crippen molar-refractivity contribution in [2.24, 2.45) is 0 Å². The Balaban J connectivity index is 2.37. The average molecular weight is 300 g/mol. The van der Waals surface area contributed by atoms with Crippen LogP contribution >= 0.6 is 11.6 Å². The Hall–Kier alpha value is -2.26. The predicted molar refractivity (Wildman–Crippen MR) is 84.5 cm³/mol. The minimum atomic E-state index is 0.588. The summed E-state index contributed by atoms with van der Waals surface area (Å²) in [6.45, 7) is 1.94. The van der Waals surface area contributed by atoms with E-state index in [0.29, 0.717) is 10.7 Å². The summed E-state index contributed by atoms with van der Waals surface area (Å²) < 4.78 is 7.36. The molecule has 106 valence electrons. The summed E-state index contributed by atoms with van der Waals surface area (Å²) in [4.78, 5) is 11.6. The van der Waals surface area contributed by atoms with Crippen molar-refractivity contribution < 1.29 is 9.53 Å². The molecule has 0 fully saturated rings. The highest BCUT2D eigenvalue weighted by atomic mass is 35.5. The van der Waals surface area contributed by atoms with Crippen LogP contribution in [0, 0.1) is 6.92 Å². The van der Waals surface area contributed by atoms with Gasteiger partial charge in [-0.3, -0.25) is 4.79 Å². The van der Waals surface area contributed by atoms with E-state index in [0.717, 1.165) is 34.2 Å². The lowest BCUT2D eigenvalue weighted by molar-refractivity contribution is 0.111. The Kier molecular flexibility index (Phi) is 3.43. The first kappa shape index (κ1) is 13.7. The van der Waals surface area contributed by atoms with Gasteiger partial charge in [0.15, 0.2) is 6.29 Å². The van der Waals surface area contributed by atoms with Crippen molar-refractivity contribution in [3.05, 3.63) is 58.9 Å². The average Bonchev–Trinajstić information content (AvgIpc) is 2.84. The number of fused-ring (bicyclic) bond motifs is 1. The second kappa shape index (κ2) is 5.26. The molecule has 1 aromatic carbocycles. The van der Waals surface area contributed by atoms with E-state index < -0.39 is 0 Å². The maximum atomic E-state index is 11.6. The standard InChI is InChI=1S/C17H14ClNO2/c1-11-7-12(18)8-15(17(11)21-2)14-9-13-5-3-4-6-19(13)16(14)10-20/h3-10H,1-2H3. The molecule has 4 heteroatoms. The van der Waals surface area contributed by atoms with E-state index in [1.807, 2.05) is 53.9 Å². The number of pyridine rings is 1. The van der Waals surface area contributed by atoms with Gasteiger partial charge in [0.25, 0.3) is 0 Å². The Bertz CT molecular complexity index is 836. The van der Waals surface area contributed by atoms with Crippen LogP contribution < -0.4 is 4.74 Å². The number of hydrogen-bond donors (Lipinski definition) is 0. The molecule has 2 heterocycles. The molecule has 0 amide bonds. The van der Waals surface area contributed by atoms with E-state index in [1.165, 1.54) is 0 Å². The van der Waals surface area contributed by atoms with E-state index in [-0.39, 0.29) is 0 Å². The van der Waals surface area contributed by atoms with Crippen LogP contribution in [0.2, 0.25) is 5.02 Å². The van der Waals surface area contributed by atoms with Crippen molar-refractivity contribution in [2.45, 2.75) is 6.92 Å². The lowest BCUT2D eigenvalue weighted by atomic mass is 10.0. The maximum Gasteiger partial charge on any atom is 0.167 e. The number of nitrogens with zero attached hydrogens (tertiary/aromatic N) is 1. The summed E-state index contributed by atoms with van der Waals surface area (Å²) >= 11 is 6.17. The van der Waals surface area contributed by atoms with Gasteiger partial charge < -0.3 is 9.14 Å². The molecule has 3 rings (SSSR count). The van der Waals surface area contributed by atoms with Gasteiger partial charge in [0, 0.05) is 27.9 Å². The number of aryl methyl sites for hydroxylation is 1. The fourth-order valence-electron chi connectivity index (χ4n) is 2.68. The molecule has 0 aliphatic rings. The van der Waals surface area contributed by atoms with Gasteiger partial charge in [-0.25, -0.2) is 0 Å². The monoisotopic (exact) mass is 299 g/mol. The van der Waals surface area contributed by atoms with Crippen LogP contribution in [-0.4, -0.2) is 17.8 Å². The summed E-state index contributed by atoms with van der Waals surface area (Å²) in [5.74, 6) is 0.735. The van der Waals surface area contributed by atoms with Gasteiger partial charge in [0.1, 0.15) is 5.75 Å². The second-order valence-electron chi connectivity index (χ2n) is 4.86. The van der Waals surface area contributed by atoms with E-state index in [1.54, 1.807) is 7.11 Å². The summed E-state index contributed by atoms with van der Waals surface area (Å²) in [7, 11) is 1.62. The molecule has 0 aliphatic carbocycles. The molecule has 0 spiro atoms. The van der Waals surface area contributed by atoms with Crippen molar-refractivity contribution in [1.29, 1.82) is 0 Å². The van der Waals surface area contributed by atoms with Gasteiger partial charge in [-0.05, 0) is 42.8 Å². The van der Waals surface area contributed by atoms with Crippen LogP contribution in [0.3, 0.4) is 0 Å². The lowest BCUT2D eigenvalue weighted by Crippen LogP contribution is -1.95. The zero-order valence-electron chi connectivity index (χ0n) is 11.8. The summed E-state index contributed by atoms with van der Waals surface area (Å²) in [6.07, 6.45) is 2.73. The molecule has 0 bridgehead atoms. The van der Waals surface area contributed by atoms with Gasteiger partial charge in [0.2, 0.25) is 0 Å². The van der Waals surface area contributed by atoms with Crippen LogP contribution in [0.4, 0.5) is 0 Å². The Morgan fingerprint density at radius 2 is 2.00 bits per heavy atom. The number of benzene rings is 1. The Labute approximate surface area is 127 Å². The minimum absolute atomic E-state index is 0.588. The SMILES string of the molecule is COc1c(C)cc(Cl)cc1-c1cc2ccccn2c1C=O. The first-order chi connectivity index (χ1) is 10.2. The Morgan fingerprint density at radius 1 is 1.19 bits per heavy atom. The number of carbonyl (C=O) groups is 1. The van der Waals surface area contributed by atoms with E-state index in [4.69, 9.17) is 16.3 Å². The molecule has 3 nitrogen and oxygen atoms in total. The molecule has 0 N–H and O–H groups in total. The van der Waals surface area contributed by atoms with Gasteiger partial charge in [-0.15, -0.1) is 0 Å². The number of methoxy groups -OCH3 is 1. The topological polar surface area (TPSA) is 30.7 Å². The molecule has 2 aromatic heterocycles. The number of carbonyl (C=O) groups excluding carboxylic acids is 1. The smallest absolute Gasteiger partial charge is 0.167 e. The highest BCUT2D eigenvalue weighted by molar-refractivity contribution is 6.31. The number of rotatable bonds is 3. The Morgan fingerprint density at radius 3 is 2.71 bits per heavy atom. The van der Waals surface area contributed by atoms with E-state index >= 15 is 0 Å². The quantitative estimate of drug-likeness (QED) is 0.672. The first-order valence-corrected chi connectivity index (χ1v) is 6.93. The molecule has 0 atom stereocenters. The van der Waals surface area contributed by atoms with Crippen molar-refractivity contribution in [1.82, 2.24) is 4.40 Å². The van der Waals surface area contributed by atoms with Crippen LogP contribution in [-0.2, 0) is 0 Å². The minimum Gasteiger partial charge on any atom is -0.496 e. The van der Waals surface area contributed by atoms with Gasteiger partial charge >= 0.3 is 0 Å². The molecule has 0 radical (unpaired) electrons. The molecule has 0 aliphatic heterocycles. The van der Waals surface area contributed by atoms with E-state index in [9.17, 15) is 4.79 Å². The molecule has 0 saturated heterocycles. The molecular weight excluding hydrogens is 286 g/mol. The van der Waals surface area contributed by atoms with Crippen LogP contribution in [0.5, 0.6) is 5.75 Å². The first-order valence-electron chi connectivity index (χ1n) is 6.55. The third kappa shape index (κ3) is 2.20. The molecule has 0 unspecified atom stereocenters. The fraction of sp³-hybridized carbons (Fsp3) is 0.118. The van der Waals surface area contributed by atoms with Crippen LogP contribution in [0.25, 0.3) is 16.6 Å².